The second-order valence-electron chi connectivity index (χ2n) is 9.61. The monoisotopic (exact) mass is 434 g/mol. The lowest BCUT2D eigenvalue weighted by atomic mass is 9.79. The number of esters is 1. The van der Waals surface area contributed by atoms with Gasteiger partial charge >= 0.3 is 13.1 Å². The zero-order valence-electron chi connectivity index (χ0n) is 19.9. The van der Waals surface area contributed by atoms with Gasteiger partial charge in [0.15, 0.2) is 6.04 Å². The first-order valence-corrected chi connectivity index (χ1v) is 10.7. The molecule has 1 aromatic rings. The molecule has 2 heterocycles. The minimum Gasteiger partial charge on any atom is -0.464 e. The SMILES string of the molecule is CCOC(=O)[C@@H](NC(=O)c1ccccn1)[C@@H](CB1OC(C)(C)C(C)(C)O1)OC(C)(C)C. The summed E-state index contributed by atoms with van der Waals surface area (Å²) in [6.07, 6.45) is 0.999. The molecule has 1 N–H and O–H groups in total. The first-order valence-electron chi connectivity index (χ1n) is 10.7. The van der Waals surface area contributed by atoms with E-state index >= 15 is 0 Å². The molecular formula is C22H35BN2O6. The van der Waals surface area contributed by atoms with Crippen molar-refractivity contribution in [2.75, 3.05) is 6.61 Å². The standard InChI is InChI=1S/C22H35BN2O6/c1-9-28-19(27)17(25-18(26)15-12-10-11-13-24-15)16(29-20(2,3)4)14-23-30-21(5,6)22(7,8)31-23/h10-13,16-17H,9,14H2,1-8H3,(H,25,26)/t16-,17+/m1/s1. The van der Waals surface area contributed by atoms with E-state index in [1.54, 1.807) is 25.1 Å². The fourth-order valence-corrected chi connectivity index (χ4v) is 3.21. The second kappa shape index (κ2) is 9.67. The Bertz CT molecular complexity index is 747. The third-order valence-corrected chi connectivity index (χ3v) is 5.33. The van der Waals surface area contributed by atoms with Gasteiger partial charge in [-0.1, -0.05) is 6.07 Å². The average molecular weight is 434 g/mol. The van der Waals surface area contributed by atoms with Crippen molar-refractivity contribution in [3.63, 3.8) is 0 Å². The van der Waals surface area contributed by atoms with E-state index in [0.717, 1.165) is 0 Å². The van der Waals surface area contributed by atoms with Gasteiger partial charge in [0.2, 0.25) is 0 Å². The van der Waals surface area contributed by atoms with Crippen molar-refractivity contribution in [2.24, 2.45) is 0 Å². The minimum atomic E-state index is -1.06. The Hall–Kier alpha value is -1.97. The van der Waals surface area contributed by atoms with Gasteiger partial charge in [-0.05, 0) is 67.5 Å². The maximum absolute atomic E-state index is 12.8. The molecule has 1 aliphatic rings. The van der Waals surface area contributed by atoms with Crippen LogP contribution >= 0.6 is 0 Å². The number of carbonyl (C=O) groups is 2. The Labute approximate surface area is 185 Å². The van der Waals surface area contributed by atoms with Crippen molar-refractivity contribution in [3.8, 4) is 0 Å². The van der Waals surface area contributed by atoms with Gasteiger partial charge in [0, 0.05) is 12.5 Å². The normalized spacial score (nSPS) is 19.5. The number of ether oxygens (including phenoxy) is 2. The Balaban J connectivity index is 2.30. The lowest BCUT2D eigenvalue weighted by Crippen LogP contribution is -2.53. The van der Waals surface area contributed by atoms with E-state index in [9.17, 15) is 9.59 Å². The lowest BCUT2D eigenvalue weighted by molar-refractivity contribution is -0.153. The van der Waals surface area contributed by atoms with Gasteiger partial charge < -0.3 is 24.1 Å². The van der Waals surface area contributed by atoms with Crippen LogP contribution in [0, 0.1) is 0 Å². The number of hydrogen-bond acceptors (Lipinski definition) is 7. The van der Waals surface area contributed by atoms with Crippen molar-refractivity contribution in [1.29, 1.82) is 0 Å². The predicted molar refractivity (Wildman–Crippen MR) is 118 cm³/mol. The van der Waals surface area contributed by atoms with Crippen LogP contribution in [0.5, 0.6) is 0 Å². The van der Waals surface area contributed by atoms with E-state index in [-0.39, 0.29) is 18.6 Å². The highest BCUT2D eigenvalue weighted by molar-refractivity contribution is 6.45. The summed E-state index contributed by atoms with van der Waals surface area (Å²) in [4.78, 5) is 29.7. The van der Waals surface area contributed by atoms with Gasteiger partial charge in [-0.25, -0.2) is 4.79 Å². The number of rotatable bonds is 8. The molecule has 1 saturated heterocycles. The molecule has 1 aromatic heterocycles. The third kappa shape index (κ3) is 6.76. The van der Waals surface area contributed by atoms with E-state index in [0.29, 0.717) is 0 Å². The van der Waals surface area contributed by atoms with Crippen LogP contribution in [0.15, 0.2) is 24.4 Å². The molecule has 2 atom stereocenters. The van der Waals surface area contributed by atoms with Gasteiger partial charge in [0.25, 0.3) is 5.91 Å². The molecule has 172 valence electrons. The van der Waals surface area contributed by atoms with Crippen LogP contribution in [-0.2, 0) is 23.6 Å². The molecule has 1 fully saturated rings. The maximum atomic E-state index is 12.8. The van der Waals surface area contributed by atoms with Crippen molar-refractivity contribution < 1.29 is 28.4 Å². The smallest absolute Gasteiger partial charge is 0.460 e. The van der Waals surface area contributed by atoms with E-state index in [2.05, 4.69) is 10.3 Å². The number of hydrogen-bond donors (Lipinski definition) is 1. The van der Waals surface area contributed by atoms with Crippen molar-refractivity contribution >= 4 is 19.0 Å². The second-order valence-corrected chi connectivity index (χ2v) is 9.61. The van der Waals surface area contributed by atoms with Gasteiger partial charge in [0.05, 0.1) is 29.5 Å². The van der Waals surface area contributed by atoms with Crippen LogP contribution in [0.25, 0.3) is 0 Å². The molecule has 0 saturated carbocycles. The van der Waals surface area contributed by atoms with E-state index < -0.39 is 47.9 Å². The molecule has 0 radical (unpaired) electrons. The first-order chi connectivity index (χ1) is 14.3. The highest BCUT2D eigenvalue weighted by atomic mass is 16.7. The Morgan fingerprint density at radius 2 is 1.77 bits per heavy atom. The van der Waals surface area contributed by atoms with Gasteiger partial charge in [-0.15, -0.1) is 0 Å². The minimum absolute atomic E-state index is 0.174. The summed E-state index contributed by atoms with van der Waals surface area (Å²) in [5.41, 5.74) is -1.45. The van der Waals surface area contributed by atoms with Crippen LogP contribution in [0.4, 0.5) is 0 Å². The fraction of sp³-hybridized carbons (Fsp3) is 0.682. The number of pyridine rings is 1. The summed E-state index contributed by atoms with van der Waals surface area (Å²) in [6.45, 7) is 15.4. The molecule has 0 aromatic carbocycles. The Kier molecular flexibility index (Phi) is 7.89. The largest absolute Gasteiger partial charge is 0.464 e. The molecule has 8 nitrogen and oxygen atoms in total. The predicted octanol–water partition coefficient (Wildman–Crippen LogP) is 3.02. The third-order valence-electron chi connectivity index (χ3n) is 5.33. The van der Waals surface area contributed by atoms with Gasteiger partial charge in [0.1, 0.15) is 5.69 Å². The molecule has 0 unspecified atom stereocenters. The summed E-state index contributed by atoms with van der Waals surface area (Å²) >= 11 is 0. The number of carbonyl (C=O) groups excluding carboxylic acids is 2. The molecule has 0 bridgehead atoms. The van der Waals surface area contributed by atoms with Gasteiger partial charge in [-0.2, -0.15) is 0 Å². The van der Waals surface area contributed by atoms with Crippen molar-refractivity contribution in [1.82, 2.24) is 10.3 Å². The number of aromatic nitrogens is 1. The van der Waals surface area contributed by atoms with Crippen LogP contribution in [0.2, 0.25) is 6.32 Å². The zero-order valence-corrected chi connectivity index (χ0v) is 19.9. The average Bonchev–Trinajstić information content (AvgIpc) is 2.85. The number of amides is 1. The fourth-order valence-electron chi connectivity index (χ4n) is 3.21. The summed E-state index contributed by atoms with van der Waals surface area (Å²) in [5, 5.41) is 2.74. The topological polar surface area (TPSA) is 96.0 Å². The molecular weight excluding hydrogens is 399 g/mol. The van der Waals surface area contributed by atoms with Crippen LogP contribution in [0.1, 0.15) is 65.9 Å². The van der Waals surface area contributed by atoms with Crippen LogP contribution in [0.3, 0.4) is 0 Å². The number of nitrogens with zero attached hydrogens (tertiary/aromatic N) is 1. The molecule has 9 heteroatoms. The Morgan fingerprint density at radius 3 is 2.26 bits per heavy atom. The number of nitrogens with one attached hydrogen (secondary N) is 1. The highest BCUT2D eigenvalue weighted by Crippen LogP contribution is 2.38. The highest BCUT2D eigenvalue weighted by Gasteiger charge is 2.52. The van der Waals surface area contributed by atoms with E-state index in [4.69, 9.17) is 18.8 Å². The molecule has 0 spiro atoms. The summed E-state index contributed by atoms with van der Waals surface area (Å²) in [7, 11) is -0.610. The van der Waals surface area contributed by atoms with E-state index in [1.807, 2.05) is 48.5 Å². The molecule has 2 rings (SSSR count). The molecule has 31 heavy (non-hydrogen) atoms. The summed E-state index contributed by atoms with van der Waals surface area (Å²) in [6, 6.07) is 3.93. The summed E-state index contributed by atoms with van der Waals surface area (Å²) in [5.74, 6) is -1.08. The van der Waals surface area contributed by atoms with Gasteiger partial charge in [-0.3, -0.25) is 9.78 Å². The first kappa shape index (κ1) is 25.3. The molecule has 1 amide bonds. The van der Waals surface area contributed by atoms with Crippen LogP contribution < -0.4 is 5.32 Å². The Morgan fingerprint density at radius 1 is 1.16 bits per heavy atom. The maximum Gasteiger partial charge on any atom is 0.460 e. The lowest BCUT2D eigenvalue weighted by Gasteiger charge is -2.33. The quantitative estimate of drug-likeness (QED) is 0.496. The van der Waals surface area contributed by atoms with E-state index in [1.165, 1.54) is 6.20 Å². The van der Waals surface area contributed by atoms with Crippen molar-refractivity contribution in [3.05, 3.63) is 30.1 Å². The molecule has 0 aliphatic carbocycles. The summed E-state index contributed by atoms with van der Waals surface area (Å²) < 4.78 is 23.7. The molecule has 1 aliphatic heterocycles. The van der Waals surface area contributed by atoms with Crippen molar-refractivity contribution in [2.45, 2.75) is 90.7 Å². The zero-order chi connectivity index (χ0) is 23.4. The van der Waals surface area contributed by atoms with Crippen LogP contribution in [-0.4, -0.2) is 59.5 Å².